The summed E-state index contributed by atoms with van der Waals surface area (Å²) in [7, 11) is 0. The average Bonchev–Trinajstić information content (AvgIpc) is 3.38. The van der Waals surface area contributed by atoms with E-state index in [4.69, 9.17) is 0 Å². The fourth-order valence-electron chi connectivity index (χ4n) is 3.14. The van der Waals surface area contributed by atoms with Gasteiger partial charge in [0.2, 0.25) is 11.8 Å². The standard InChI is InChI=1S/C19H19N3O2/c23-18-10-15(12-22(18)16-7-8-16)19(24)21-17-9-6-14(11-20-17)13-4-2-1-3-5-13/h1-6,9,11,15-16H,7-8,10,12H2,(H,20,21,24). The lowest BCUT2D eigenvalue weighted by molar-refractivity contribution is -0.128. The van der Waals surface area contributed by atoms with Gasteiger partial charge in [0.15, 0.2) is 0 Å². The Labute approximate surface area is 140 Å². The van der Waals surface area contributed by atoms with Crippen LogP contribution in [0.4, 0.5) is 5.82 Å². The normalized spacial score (nSPS) is 20.2. The maximum Gasteiger partial charge on any atom is 0.230 e. The molecule has 5 heteroatoms. The highest BCUT2D eigenvalue weighted by molar-refractivity contribution is 5.96. The molecular weight excluding hydrogens is 302 g/mol. The van der Waals surface area contributed by atoms with Gasteiger partial charge in [-0.15, -0.1) is 0 Å². The van der Waals surface area contributed by atoms with Gasteiger partial charge in [-0.1, -0.05) is 30.3 Å². The third-order valence-electron chi connectivity index (χ3n) is 4.64. The smallest absolute Gasteiger partial charge is 0.230 e. The monoisotopic (exact) mass is 321 g/mol. The molecule has 2 fully saturated rings. The van der Waals surface area contributed by atoms with Gasteiger partial charge in [-0.05, 0) is 30.5 Å². The van der Waals surface area contributed by atoms with E-state index in [1.807, 2.05) is 41.3 Å². The van der Waals surface area contributed by atoms with E-state index in [2.05, 4.69) is 10.3 Å². The van der Waals surface area contributed by atoms with Crippen LogP contribution >= 0.6 is 0 Å². The molecule has 2 aromatic rings. The number of pyridine rings is 1. The summed E-state index contributed by atoms with van der Waals surface area (Å²) < 4.78 is 0. The molecule has 1 unspecified atom stereocenters. The molecule has 1 saturated carbocycles. The summed E-state index contributed by atoms with van der Waals surface area (Å²) in [6.45, 7) is 0.539. The zero-order chi connectivity index (χ0) is 16.5. The predicted molar refractivity (Wildman–Crippen MR) is 91.1 cm³/mol. The Kier molecular flexibility index (Phi) is 3.76. The van der Waals surface area contributed by atoms with Gasteiger partial charge in [-0.2, -0.15) is 0 Å². The predicted octanol–water partition coefficient (Wildman–Crippen LogP) is 2.70. The Hall–Kier alpha value is -2.69. The van der Waals surface area contributed by atoms with Crippen molar-refractivity contribution in [1.29, 1.82) is 0 Å². The van der Waals surface area contributed by atoms with E-state index in [0.717, 1.165) is 24.0 Å². The number of benzene rings is 1. The van der Waals surface area contributed by atoms with Gasteiger partial charge in [0.05, 0.1) is 5.92 Å². The first-order valence-corrected chi connectivity index (χ1v) is 8.32. The molecule has 2 heterocycles. The number of rotatable bonds is 4. The molecule has 1 N–H and O–H groups in total. The largest absolute Gasteiger partial charge is 0.339 e. The molecule has 1 aliphatic carbocycles. The molecule has 2 aliphatic rings. The Morgan fingerprint density at radius 1 is 1.08 bits per heavy atom. The van der Waals surface area contributed by atoms with Crippen LogP contribution in [-0.4, -0.2) is 34.3 Å². The minimum Gasteiger partial charge on any atom is -0.339 e. The maximum atomic E-state index is 12.4. The third-order valence-corrected chi connectivity index (χ3v) is 4.64. The molecule has 1 atom stereocenters. The van der Waals surface area contributed by atoms with Crippen LogP contribution in [0.5, 0.6) is 0 Å². The van der Waals surface area contributed by atoms with E-state index >= 15 is 0 Å². The van der Waals surface area contributed by atoms with E-state index in [9.17, 15) is 9.59 Å². The van der Waals surface area contributed by atoms with E-state index in [1.165, 1.54) is 0 Å². The molecule has 0 spiro atoms. The summed E-state index contributed by atoms with van der Waals surface area (Å²) in [6.07, 6.45) is 4.21. The van der Waals surface area contributed by atoms with Crippen molar-refractivity contribution in [2.24, 2.45) is 5.92 Å². The van der Waals surface area contributed by atoms with Crippen LogP contribution in [0, 0.1) is 5.92 Å². The van der Waals surface area contributed by atoms with Crippen LogP contribution in [-0.2, 0) is 9.59 Å². The van der Waals surface area contributed by atoms with Crippen LogP contribution in [0.3, 0.4) is 0 Å². The Balaban J connectivity index is 1.40. The van der Waals surface area contributed by atoms with Gasteiger partial charge >= 0.3 is 0 Å². The second kappa shape index (κ2) is 6.07. The lowest BCUT2D eigenvalue weighted by Gasteiger charge is -2.15. The average molecular weight is 321 g/mol. The van der Waals surface area contributed by atoms with Crippen molar-refractivity contribution in [2.75, 3.05) is 11.9 Å². The highest BCUT2D eigenvalue weighted by atomic mass is 16.2. The first-order valence-electron chi connectivity index (χ1n) is 8.32. The van der Waals surface area contributed by atoms with E-state index in [0.29, 0.717) is 24.8 Å². The molecule has 122 valence electrons. The number of carbonyl (C=O) groups is 2. The zero-order valence-electron chi connectivity index (χ0n) is 13.3. The minimum atomic E-state index is -0.270. The molecule has 2 amide bonds. The second-order valence-electron chi connectivity index (χ2n) is 6.47. The molecule has 24 heavy (non-hydrogen) atoms. The minimum absolute atomic E-state index is 0.102. The van der Waals surface area contributed by atoms with Gasteiger partial charge in [0, 0.05) is 30.8 Å². The van der Waals surface area contributed by atoms with Crippen LogP contribution in [0.1, 0.15) is 19.3 Å². The van der Waals surface area contributed by atoms with Crippen LogP contribution in [0.2, 0.25) is 0 Å². The topological polar surface area (TPSA) is 62.3 Å². The first-order chi connectivity index (χ1) is 11.7. The van der Waals surface area contributed by atoms with E-state index in [-0.39, 0.29) is 17.7 Å². The number of hydrogen-bond acceptors (Lipinski definition) is 3. The van der Waals surface area contributed by atoms with Gasteiger partial charge in [-0.25, -0.2) is 4.98 Å². The Morgan fingerprint density at radius 3 is 2.54 bits per heavy atom. The molecular formula is C19H19N3O2. The molecule has 5 nitrogen and oxygen atoms in total. The Bertz CT molecular complexity index is 754. The van der Waals surface area contributed by atoms with Crippen LogP contribution < -0.4 is 5.32 Å². The lowest BCUT2D eigenvalue weighted by atomic mass is 10.1. The third kappa shape index (κ3) is 3.02. The number of amides is 2. The first kappa shape index (κ1) is 14.9. The summed E-state index contributed by atoms with van der Waals surface area (Å²) in [5, 5.41) is 2.83. The Morgan fingerprint density at radius 2 is 1.88 bits per heavy atom. The number of likely N-dealkylation sites (tertiary alicyclic amines) is 1. The van der Waals surface area contributed by atoms with Gasteiger partial charge in [-0.3, -0.25) is 9.59 Å². The number of nitrogens with one attached hydrogen (secondary N) is 1. The van der Waals surface area contributed by atoms with Crippen molar-refractivity contribution in [3.63, 3.8) is 0 Å². The molecule has 0 bridgehead atoms. The van der Waals surface area contributed by atoms with Crippen molar-refractivity contribution >= 4 is 17.6 Å². The van der Waals surface area contributed by atoms with E-state index < -0.39 is 0 Å². The van der Waals surface area contributed by atoms with Gasteiger partial charge in [0.1, 0.15) is 5.82 Å². The summed E-state index contributed by atoms with van der Waals surface area (Å²) >= 11 is 0. The summed E-state index contributed by atoms with van der Waals surface area (Å²) in [5.41, 5.74) is 2.09. The van der Waals surface area contributed by atoms with Crippen molar-refractivity contribution in [3.8, 4) is 11.1 Å². The number of anilines is 1. The van der Waals surface area contributed by atoms with Crippen molar-refractivity contribution in [2.45, 2.75) is 25.3 Å². The highest BCUT2D eigenvalue weighted by Gasteiger charge is 2.41. The lowest BCUT2D eigenvalue weighted by Crippen LogP contribution is -2.30. The molecule has 1 saturated heterocycles. The SMILES string of the molecule is O=C(Nc1ccc(-c2ccccc2)cn1)C1CC(=O)N(C2CC2)C1. The molecule has 1 aromatic carbocycles. The fourth-order valence-corrected chi connectivity index (χ4v) is 3.14. The number of nitrogens with zero attached hydrogens (tertiary/aromatic N) is 2. The zero-order valence-corrected chi connectivity index (χ0v) is 13.3. The summed E-state index contributed by atoms with van der Waals surface area (Å²) in [6, 6.07) is 14.1. The van der Waals surface area contributed by atoms with Crippen molar-refractivity contribution < 1.29 is 9.59 Å². The van der Waals surface area contributed by atoms with Crippen molar-refractivity contribution in [3.05, 3.63) is 48.7 Å². The molecule has 0 radical (unpaired) electrons. The van der Waals surface area contributed by atoms with Gasteiger partial charge < -0.3 is 10.2 Å². The number of hydrogen-bond donors (Lipinski definition) is 1. The maximum absolute atomic E-state index is 12.4. The fraction of sp³-hybridized carbons (Fsp3) is 0.316. The number of aromatic nitrogens is 1. The number of carbonyl (C=O) groups excluding carboxylic acids is 2. The molecule has 4 rings (SSSR count). The van der Waals surface area contributed by atoms with Gasteiger partial charge in [0.25, 0.3) is 0 Å². The van der Waals surface area contributed by atoms with E-state index in [1.54, 1.807) is 12.3 Å². The highest BCUT2D eigenvalue weighted by Crippen LogP contribution is 2.32. The summed E-state index contributed by atoms with van der Waals surface area (Å²) in [5.74, 6) is 0.238. The molecule has 1 aromatic heterocycles. The second-order valence-corrected chi connectivity index (χ2v) is 6.47. The summed E-state index contributed by atoms with van der Waals surface area (Å²) in [4.78, 5) is 30.5. The quantitative estimate of drug-likeness (QED) is 0.942. The molecule has 1 aliphatic heterocycles. The van der Waals surface area contributed by atoms with Crippen LogP contribution in [0.25, 0.3) is 11.1 Å². The van der Waals surface area contributed by atoms with Crippen LogP contribution in [0.15, 0.2) is 48.7 Å². The van der Waals surface area contributed by atoms with Crippen molar-refractivity contribution in [1.82, 2.24) is 9.88 Å².